The molecule has 2 aromatic rings. The fourth-order valence-electron chi connectivity index (χ4n) is 3.95. The van der Waals surface area contributed by atoms with Crippen molar-refractivity contribution < 1.29 is 9.53 Å². The smallest absolute Gasteiger partial charge is 0.226 e. The van der Waals surface area contributed by atoms with Crippen molar-refractivity contribution in [1.82, 2.24) is 15.1 Å². The molecule has 2 atom stereocenters. The third-order valence-electron chi connectivity index (χ3n) is 5.35. The van der Waals surface area contributed by atoms with E-state index in [9.17, 15) is 4.79 Å². The number of nitrogens with zero attached hydrogens (tertiary/aromatic N) is 2. The number of carbonyl (C=O) groups excluding carboxylic acids is 1. The number of aromatic nitrogens is 2. The van der Waals surface area contributed by atoms with E-state index in [-0.39, 0.29) is 17.9 Å². The number of hydrogen-bond acceptors (Lipinski definition) is 3. The first-order chi connectivity index (χ1) is 12.3. The highest BCUT2D eigenvalue weighted by atomic mass is 16.5. The van der Waals surface area contributed by atoms with Gasteiger partial charge in [0.15, 0.2) is 0 Å². The molecule has 0 saturated carbocycles. The third kappa shape index (κ3) is 3.76. The highest BCUT2D eigenvalue weighted by molar-refractivity contribution is 5.79. The fourth-order valence-corrected chi connectivity index (χ4v) is 3.95. The average Bonchev–Trinajstić information content (AvgIpc) is 3.32. The Hall–Kier alpha value is -2.14. The van der Waals surface area contributed by atoms with Gasteiger partial charge in [-0.2, -0.15) is 5.10 Å². The van der Waals surface area contributed by atoms with Gasteiger partial charge >= 0.3 is 0 Å². The molecule has 1 saturated heterocycles. The van der Waals surface area contributed by atoms with Crippen LogP contribution in [-0.2, 0) is 28.9 Å². The van der Waals surface area contributed by atoms with Gasteiger partial charge in [0.2, 0.25) is 5.91 Å². The molecule has 25 heavy (non-hydrogen) atoms. The van der Waals surface area contributed by atoms with Crippen molar-refractivity contribution in [2.45, 2.75) is 44.8 Å². The Bertz CT molecular complexity index is 707. The first-order valence-electron chi connectivity index (χ1n) is 9.25. The molecule has 5 nitrogen and oxygen atoms in total. The van der Waals surface area contributed by atoms with Crippen molar-refractivity contribution in [1.29, 1.82) is 0 Å². The molecule has 1 fully saturated rings. The standard InChI is InChI=1S/C20H25N3O2/c24-20(16-8-9-17-12-21-22-19(17)11-16)23(14-18-7-4-10-25-18)13-15-5-2-1-3-6-15/h1-3,5-6,12,16,18H,4,7-11,13-14H2,(H,21,22)/t16-,18-/m1/s1. The molecule has 2 aliphatic rings. The molecule has 4 rings (SSSR count). The predicted molar refractivity (Wildman–Crippen MR) is 94.9 cm³/mol. The summed E-state index contributed by atoms with van der Waals surface area (Å²) < 4.78 is 5.79. The van der Waals surface area contributed by atoms with Gasteiger partial charge in [0, 0.05) is 37.7 Å². The van der Waals surface area contributed by atoms with E-state index in [0.717, 1.165) is 44.4 Å². The van der Waals surface area contributed by atoms with Gasteiger partial charge in [-0.3, -0.25) is 9.89 Å². The van der Waals surface area contributed by atoms with Gasteiger partial charge in [0.25, 0.3) is 0 Å². The number of amides is 1. The zero-order valence-electron chi connectivity index (χ0n) is 14.5. The van der Waals surface area contributed by atoms with Crippen LogP contribution < -0.4 is 0 Å². The predicted octanol–water partition coefficient (Wildman–Crippen LogP) is 2.72. The number of nitrogens with one attached hydrogen (secondary N) is 1. The summed E-state index contributed by atoms with van der Waals surface area (Å²) in [5, 5.41) is 7.18. The van der Waals surface area contributed by atoms with Crippen LogP contribution >= 0.6 is 0 Å². The van der Waals surface area contributed by atoms with Crippen molar-refractivity contribution in [3.8, 4) is 0 Å². The van der Waals surface area contributed by atoms with Crippen LogP contribution in [0.1, 0.15) is 36.1 Å². The van der Waals surface area contributed by atoms with Gasteiger partial charge in [-0.15, -0.1) is 0 Å². The first kappa shape index (κ1) is 16.3. The second-order valence-electron chi connectivity index (χ2n) is 7.15. The number of hydrogen-bond donors (Lipinski definition) is 1. The number of ether oxygens (including phenoxy) is 1. The molecule has 0 bridgehead atoms. The molecule has 1 N–H and O–H groups in total. The second kappa shape index (κ2) is 7.40. The summed E-state index contributed by atoms with van der Waals surface area (Å²) in [7, 11) is 0. The molecular weight excluding hydrogens is 314 g/mol. The van der Waals surface area contributed by atoms with E-state index in [0.29, 0.717) is 13.1 Å². The second-order valence-corrected chi connectivity index (χ2v) is 7.15. The molecule has 5 heteroatoms. The SMILES string of the molecule is O=C([C@@H]1CCc2cn[nH]c2C1)N(Cc1ccccc1)C[C@H]1CCCO1. The van der Waals surface area contributed by atoms with Gasteiger partial charge in [-0.1, -0.05) is 30.3 Å². The quantitative estimate of drug-likeness (QED) is 0.911. The Morgan fingerprint density at radius 2 is 2.16 bits per heavy atom. The zero-order chi connectivity index (χ0) is 17.1. The van der Waals surface area contributed by atoms with Crippen LogP contribution in [0.15, 0.2) is 36.5 Å². The molecule has 132 valence electrons. The summed E-state index contributed by atoms with van der Waals surface area (Å²) in [5.41, 5.74) is 3.56. The van der Waals surface area contributed by atoms with E-state index < -0.39 is 0 Å². The lowest BCUT2D eigenvalue weighted by molar-refractivity contribution is -0.138. The van der Waals surface area contributed by atoms with Crippen LogP contribution in [0.4, 0.5) is 0 Å². The minimum absolute atomic E-state index is 0.0399. The summed E-state index contributed by atoms with van der Waals surface area (Å²) in [4.78, 5) is 15.3. The molecule has 2 heterocycles. The van der Waals surface area contributed by atoms with Crippen LogP contribution in [0.3, 0.4) is 0 Å². The lowest BCUT2D eigenvalue weighted by Gasteiger charge is -2.31. The van der Waals surface area contributed by atoms with E-state index >= 15 is 0 Å². The number of aryl methyl sites for hydroxylation is 1. The maximum atomic E-state index is 13.3. The van der Waals surface area contributed by atoms with E-state index in [1.54, 1.807) is 0 Å². The Labute approximate surface area is 148 Å². The number of carbonyl (C=O) groups is 1. The Morgan fingerprint density at radius 1 is 1.28 bits per heavy atom. The number of fused-ring (bicyclic) bond motifs is 1. The number of rotatable bonds is 5. The molecule has 1 aromatic carbocycles. The summed E-state index contributed by atoms with van der Waals surface area (Å²) in [6.07, 6.45) is 6.82. The van der Waals surface area contributed by atoms with Crippen LogP contribution in [0.2, 0.25) is 0 Å². The molecule has 0 radical (unpaired) electrons. The normalized spacial score (nSPS) is 22.6. The van der Waals surface area contributed by atoms with Crippen molar-refractivity contribution in [3.05, 3.63) is 53.3 Å². The van der Waals surface area contributed by atoms with E-state index in [1.165, 1.54) is 11.1 Å². The Morgan fingerprint density at radius 3 is 2.96 bits per heavy atom. The van der Waals surface area contributed by atoms with Crippen molar-refractivity contribution >= 4 is 5.91 Å². The Balaban J connectivity index is 1.49. The molecule has 1 amide bonds. The maximum Gasteiger partial charge on any atom is 0.226 e. The van der Waals surface area contributed by atoms with Crippen LogP contribution in [0.5, 0.6) is 0 Å². The van der Waals surface area contributed by atoms with Gasteiger partial charge in [0.1, 0.15) is 0 Å². The molecular formula is C20H25N3O2. The number of benzene rings is 1. The third-order valence-corrected chi connectivity index (χ3v) is 5.35. The number of aromatic amines is 1. The van der Waals surface area contributed by atoms with Crippen LogP contribution in [-0.4, -0.2) is 40.3 Å². The van der Waals surface area contributed by atoms with Gasteiger partial charge in [0.05, 0.1) is 12.3 Å². The highest BCUT2D eigenvalue weighted by Gasteiger charge is 2.31. The summed E-state index contributed by atoms with van der Waals surface area (Å²) in [5.74, 6) is 0.290. The minimum atomic E-state index is 0.0399. The van der Waals surface area contributed by atoms with Gasteiger partial charge in [-0.25, -0.2) is 0 Å². The van der Waals surface area contributed by atoms with Crippen molar-refractivity contribution in [3.63, 3.8) is 0 Å². The fraction of sp³-hybridized carbons (Fsp3) is 0.500. The average molecular weight is 339 g/mol. The first-order valence-corrected chi connectivity index (χ1v) is 9.25. The number of H-pyrrole nitrogens is 1. The lowest BCUT2D eigenvalue weighted by atomic mass is 9.87. The zero-order valence-corrected chi connectivity index (χ0v) is 14.5. The highest BCUT2D eigenvalue weighted by Crippen LogP contribution is 2.26. The molecule has 0 spiro atoms. The Kier molecular flexibility index (Phi) is 4.83. The maximum absolute atomic E-state index is 13.3. The van der Waals surface area contributed by atoms with E-state index in [4.69, 9.17) is 4.74 Å². The molecule has 1 aliphatic carbocycles. The van der Waals surface area contributed by atoms with Crippen LogP contribution in [0, 0.1) is 5.92 Å². The minimum Gasteiger partial charge on any atom is -0.376 e. The van der Waals surface area contributed by atoms with Gasteiger partial charge < -0.3 is 9.64 Å². The summed E-state index contributed by atoms with van der Waals surface area (Å²) >= 11 is 0. The molecule has 0 unspecified atom stereocenters. The van der Waals surface area contributed by atoms with Gasteiger partial charge in [-0.05, 0) is 36.8 Å². The van der Waals surface area contributed by atoms with Crippen LogP contribution in [0.25, 0.3) is 0 Å². The molecule has 1 aliphatic heterocycles. The monoisotopic (exact) mass is 339 g/mol. The molecule has 1 aromatic heterocycles. The summed E-state index contributed by atoms with van der Waals surface area (Å²) in [6.45, 7) is 2.17. The van der Waals surface area contributed by atoms with Crippen molar-refractivity contribution in [2.75, 3.05) is 13.2 Å². The topological polar surface area (TPSA) is 58.2 Å². The summed E-state index contributed by atoms with van der Waals surface area (Å²) in [6, 6.07) is 10.2. The van der Waals surface area contributed by atoms with Crippen molar-refractivity contribution in [2.24, 2.45) is 5.92 Å². The largest absolute Gasteiger partial charge is 0.376 e. The lowest BCUT2D eigenvalue weighted by Crippen LogP contribution is -2.42. The van der Waals surface area contributed by atoms with E-state index in [1.807, 2.05) is 29.3 Å². The van der Waals surface area contributed by atoms with E-state index in [2.05, 4.69) is 22.3 Å².